The molecule has 0 bridgehead atoms. The zero-order valence-corrected chi connectivity index (χ0v) is 11.0. The summed E-state index contributed by atoms with van der Waals surface area (Å²) in [6.07, 6.45) is 1.57. The summed E-state index contributed by atoms with van der Waals surface area (Å²) in [4.78, 5) is 11.8. The normalized spacial score (nSPS) is 10.4. The van der Waals surface area contributed by atoms with E-state index in [4.69, 9.17) is 11.6 Å². The second-order valence-corrected chi connectivity index (χ2v) is 4.33. The Morgan fingerprint density at radius 3 is 2.94 bits per heavy atom. The van der Waals surface area contributed by atoms with Gasteiger partial charge in [-0.25, -0.2) is 4.68 Å². The van der Waals surface area contributed by atoms with Crippen LogP contribution in [0.25, 0.3) is 5.69 Å². The number of nitrogens with zero attached hydrogens (tertiary/aromatic N) is 2. The predicted molar refractivity (Wildman–Crippen MR) is 71.3 cm³/mol. The molecule has 1 heterocycles. The van der Waals surface area contributed by atoms with Gasteiger partial charge in [0.15, 0.2) is 0 Å². The molecule has 2 rings (SSSR count). The summed E-state index contributed by atoms with van der Waals surface area (Å²) < 4.78 is 1.70. The van der Waals surface area contributed by atoms with Gasteiger partial charge in [0.1, 0.15) is 0 Å². The number of carbonyl (C=O) groups is 1. The fourth-order valence-electron chi connectivity index (χ4n) is 1.76. The van der Waals surface area contributed by atoms with Gasteiger partial charge in [-0.15, -0.1) is 0 Å². The minimum absolute atomic E-state index is 0.108. The maximum absolute atomic E-state index is 11.8. The van der Waals surface area contributed by atoms with Crippen LogP contribution in [0, 0.1) is 6.92 Å². The minimum atomic E-state index is -0.108. The van der Waals surface area contributed by atoms with E-state index in [0.717, 1.165) is 11.4 Å². The number of nitrogens with one attached hydrogen (secondary N) is 1. The first-order chi connectivity index (χ1) is 8.63. The van der Waals surface area contributed by atoms with Crippen molar-refractivity contribution in [2.45, 2.75) is 13.8 Å². The van der Waals surface area contributed by atoms with E-state index >= 15 is 0 Å². The van der Waals surface area contributed by atoms with Crippen LogP contribution in [-0.4, -0.2) is 22.2 Å². The standard InChI is InChI=1S/C13H14ClN3O/c1-3-15-13(18)12-8-16-17(9(12)2)11-6-4-5-10(14)7-11/h4-8H,3H2,1-2H3,(H,15,18). The monoisotopic (exact) mass is 263 g/mol. The fourth-order valence-corrected chi connectivity index (χ4v) is 1.94. The van der Waals surface area contributed by atoms with Crippen LogP contribution in [0.15, 0.2) is 30.5 Å². The molecule has 0 saturated carbocycles. The lowest BCUT2D eigenvalue weighted by Gasteiger charge is -2.06. The zero-order chi connectivity index (χ0) is 13.1. The predicted octanol–water partition coefficient (Wildman–Crippen LogP) is 2.58. The molecule has 0 fully saturated rings. The maximum atomic E-state index is 11.8. The number of hydrogen-bond donors (Lipinski definition) is 1. The van der Waals surface area contributed by atoms with Gasteiger partial charge in [0.25, 0.3) is 5.91 Å². The van der Waals surface area contributed by atoms with E-state index in [1.807, 2.05) is 32.0 Å². The Morgan fingerprint density at radius 2 is 2.28 bits per heavy atom. The molecule has 0 aliphatic heterocycles. The quantitative estimate of drug-likeness (QED) is 0.925. The third-order valence-corrected chi connectivity index (χ3v) is 2.88. The summed E-state index contributed by atoms with van der Waals surface area (Å²) in [7, 11) is 0. The van der Waals surface area contributed by atoms with Gasteiger partial charge < -0.3 is 5.32 Å². The van der Waals surface area contributed by atoms with Crippen molar-refractivity contribution in [2.75, 3.05) is 6.54 Å². The largest absolute Gasteiger partial charge is 0.352 e. The summed E-state index contributed by atoms with van der Waals surface area (Å²) in [5.41, 5.74) is 2.22. The number of carbonyl (C=O) groups excluding carboxylic acids is 1. The Bertz CT molecular complexity index is 577. The SMILES string of the molecule is CCNC(=O)c1cnn(-c2cccc(Cl)c2)c1C. The molecule has 0 atom stereocenters. The summed E-state index contributed by atoms with van der Waals surface area (Å²) in [6, 6.07) is 7.36. The lowest BCUT2D eigenvalue weighted by Crippen LogP contribution is -2.23. The van der Waals surface area contributed by atoms with Crippen LogP contribution >= 0.6 is 11.6 Å². The zero-order valence-electron chi connectivity index (χ0n) is 10.3. The van der Waals surface area contributed by atoms with Gasteiger partial charge in [-0.05, 0) is 32.0 Å². The maximum Gasteiger partial charge on any atom is 0.254 e. The number of rotatable bonds is 3. The summed E-state index contributed by atoms with van der Waals surface area (Å²) in [6.45, 7) is 4.34. The van der Waals surface area contributed by atoms with E-state index < -0.39 is 0 Å². The number of aromatic nitrogens is 2. The fraction of sp³-hybridized carbons (Fsp3) is 0.231. The Labute approximate surface area is 111 Å². The highest BCUT2D eigenvalue weighted by molar-refractivity contribution is 6.30. The topological polar surface area (TPSA) is 46.9 Å². The second-order valence-electron chi connectivity index (χ2n) is 3.89. The van der Waals surface area contributed by atoms with Gasteiger partial charge in [-0.2, -0.15) is 5.10 Å². The first kappa shape index (κ1) is 12.6. The minimum Gasteiger partial charge on any atom is -0.352 e. The molecule has 4 nitrogen and oxygen atoms in total. The molecule has 0 spiro atoms. The number of hydrogen-bond acceptors (Lipinski definition) is 2. The smallest absolute Gasteiger partial charge is 0.254 e. The lowest BCUT2D eigenvalue weighted by molar-refractivity contribution is 0.0955. The van der Waals surface area contributed by atoms with E-state index in [0.29, 0.717) is 17.1 Å². The van der Waals surface area contributed by atoms with Crippen molar-refractivity contribution >= 4 is 17.5 Å². The first-order valence-corrected chi connectivity index (χ1v) is 6.10. The number of halogens is 1. The molecule has 1 aromatic heterocycles. The third-order valence-electron chi connectivity index (χ3n) is 2.64. The molecule has 1 aromatic carbocycles. The van der Waals surface area contributed by atoms with Crippen molar-refractivity contribution in [3.63, 3.8) is 0 Å². The van der Waals surface area contributed by atoms with Crippen LogP contribution < -0.4 is 5.32 Å². The summed E-state index contributed by atoms with van der Waals surface area (Å²) in [5, 5.41) is 7.63. The van der Waals surface area contributed by atoms with Crippen molar-refractivity contribution in [1.29, 1.82) is 0 Å². The average molecular weight is 264 g/mol. The Morgan fingerprint density at radius 1 is 1.50 bits per heavy atom. The molecule has 0 radical (unpaired) electrons. The first-order valence-electron chi connectivity index (χ1n) is 5.72. The Hall–Kier alpha value is -1.81. The van der Waals surface area contributed by atoms with Crippen molar-refractivity contribution in [3.05, 3.63) is 46.7 Å². The average Bonchev–Trinajstić information content (AvgIpc) is 2.71. The van der Waals surface area contributed by atoms with Crippen molar-refractivity contribution in [3.8, 4) is 5.69 Å². The van der Waals surface area contributed by atoms with Gasteiger partial charge in [0, 0.05) is 11.6 Å². The molecule has 1 N–H and O–H groups in total. The van der Waals surface area contributed by atoms with Crippen LogP contribution in [0.2, 0.25) is 5.02 Å². The van der Waals surface area contributed by atoms with Crippen LogP contribution in [0.4, 0.5) is 0 Å². The van der Waals surface area contributed by atoms with Gasteiger partial charge in [-0.1, -0.05) is 17.7 Å². The van der Waals surface area contributed by atoms with E-state index in [-0.39, 0.29) is 5.91 Å². The van der Waals surface area contributed by atoms with Crippen molar-refractivity contribution in [1.82, 2.24) is 15.1 Å². The highest BCUT2D eigenvalue weighted by Gasteiger charge is 2.14. The second kappa shape index (κ2) is 5.23. The molecule has 0 aliphatic rings. The molecule has 18 heavy (non-hydrogen) atoms. The van der Waals surface area contributed by atoms with Crippen molar-refractivity contribution < 1.29 is 4.79 Å². The highest BCUT2D eigenvalue weighted by atomic mass is 35.5. The molecule has 0 aliphatic carbocycles. The van der Waals surface area contributed by atoms with Crippen LogP contribution in [0.3, 0.4) is 0 Å². The van der Waals surface area contributed by atoms with E-state index in [1.165, 1.54) is 0 Å². The van der Waals surface area contributed by atoms with Gasteiger partial charge in [0.05, 0.1) is 23.1 Å². The number of amides is 1. The van der Waals surface area contributed by atoms with Crippen LogP contribution in [0.5, 0.6) is 0 Å². The summed E-state index contributed by atoms with van der Waals surface area (Å²) >= 11 is 5.95. The lowest BCUT2D eigenvalue weighted by atomic mass is 10.2. The van der Waals surface area contributed by atoms with Gasteiger partial charge >= 0.3 is 0 Å². The van der Waals surface area contributed by atoms with Gasteiger partial charge in [-0.3, -0.25) is 4.79 Å². The van der Waals surface area contributed by atoms with E-state index in [1.54, 1.807) is 16.9 Å². The van der Waals surface area contributed by atoms with Gasteiger partial charge in [0.2, 0.25) is 0 Å². The third kappa shape index (κ3) is 2.38. The van der Waals surface area contributed by atoms with Crippen LogP contribution in [0.1, 0.15) is 23.0 Å². The van der Waals surface area contributed by atoms with E-state index in [2.05, 4.69) is 10.4 Å². The molecule has 1 amide bonds. The molecular formula is C13H14ClN3O. The van der Waals surface area contributed by atoms with Crippen LogP contribution in [-0.2, 0) is 0 Å². The summed E-state index contributed by atoms with van der Waals surface area (Å²) in [5.74, 6) is -0.108. The van der Waals surface area contributed by atoms with E-state index in [9.17, 15) is 4.79 Å². The molecular weight excluding hydrogens is 250 g/mol. The van der Waals surface area contributed by atoms with Crippen molar-refractivity contribution in [2.24, 2.45) is 0 Å². The Kier molecular flexibility index (Phi) is 3.67. The molecule has 2 aromatic rings. The number of benzene rings is 1. The molecule has 0 unspecified atom stereocenters. The Balaban J connectivity index is 2.39. The molecule has 5 heteroatoms. The molecule has 0 saturated heterocycles. The highest BCUT2D eigenvalue weighted by Crippen LogP contribution is 2.17. The molecule has 94 valence electrons.